The molecule has 6 heteroatoms. The van der Waals surface area contributed by atoms with Gasteiger partial charge in [-0.25, -0.2) is 4.39 Å². The topological polar surface area (TPSA) is 80.5 Å². The number of aromatic amines is 1. The lowest BCUT2D eigenvalue weighted by Crippen LogP contribution is -1.96. The number of nitrogens with two attached hydrogens (primary N) is 1. The van der Waals surface area contributed by atoms with E-state index in [1.807, 2.05) is 30.3 Å². The van der Waals surface area contributed by atoms with Gasteiger partial charge in [-0.15, -0.1) is 10.2 Å². The minimum absolute atomic E-state index is 0.299. The maximum absolute atomic E-state index is 13.2. The van der Waals surface area contributed by atoms with Gasteiger partial charge >= 0.3 is 0 Å². The van der Waals surface area contributed by atoms with Crippen molar-refractivity contribution >= 4 is 16.9 Å². The smallest absolute Gasteiger partial charge is 0.180 e. The highest BCUT2D eigenvalue weighted by atomic mass is 19.1. The molecule has 0 aliphatic heterocycles. The lowest BCUT2D eigenvalue weighted by atomic mass is 9.97. The minimum atomic E-state index is -0.299. The van der Waals surface area contributed by atoms with Gasteiger partial charge in [-0.3, -0.25) is 5.10 Å². The lowest BCUT2D eigenvalue weighted by Gasteiger charge is -2.10. The van der Waals surface area contributed by atoms with Crippen LogP contribution in [0.2, 0.25) is 0 Å². The van der Waals surface area contributed by atoms with Crippen molar-refractivity contribution in [2.75, 3.05) is 5.73 Å². The second kappa shape index (κ2) is 5.17. The van der Waals surface area contributed by atoms with Crippen molar-refractivity contribution in [3.8, 4) is 22.4 Å². The van der Waals surface area contributed by atoms with Crippen molar-refractivity contribution in [2.24, 2.45) is 0 Å². The fourth-order valence-corrected chi connectivity index (χ4v) is 2.63. The molecule has 0 radical (unpaired) electrons. The number of hydrogen-bond donors (Lipinski definition) is 2. The normalized spacial score (nSPS) is 11.0. The second-order valence-electron chi connectivity index (χ2n) is 5.13. The molecule has 0 spiro atoms. The van der Waals surface area contributed by atoms with E-state index in [1.54, 1.807) is 12.1 Å². The monoisotopic (exact) mass is 305 g/mol. The number of H-pyrrole nitrogens is 1. The predicted molar refractivity (Wildman–Crippen MR) is 86.9 cm³/mol. The van der Waals surface area contributed by atoms with Crippen molar-refractivity contribution in [1.82, 2.24) is 20.4 Å². The number of nitrogens with one attached hydrogen (secondary N) is 1. The van der Waals surface area contributed by atoms with Gasteiger partial charge in [-0.1, -0.05) is 30.3 Å². The van der Waals surface area contributed by atoms with E-state index in [4.69, 9.17) is 5.73 Å². The van der Waals surface area contributed by atoms with E-state index in [9.17, 15) is 4.39 Å². The largest absolute Gasteiger partial charge is 0.382 e. The quantitative estimate of drug-likeness (QED) is 0.594. The van der Waals surface area contributed by atoms with Gasteiger partial charge in [-0.05, 0) is 29.8 Å². The zero-order chi connectivity index (χ0) is 15.8. The molecule has 0 bridgehead atoms. The Balaban J connectivity index is 2.08. The summed E-state index contributed by atoms with van der Waals surface area (Å²) in [5.41, 5.74) is 9.71. The lowest BCUT2D eigenvalue weighted by molar-refractivity contribution is 0.628. The molecular weight excluding hydrogens is 293 g/mol. The molecule has 5 nitrogen and oxygen atoms in total. The first-order valence-corrected chi connectivity index (χ1v) is 7.05. The number of anilines is 1. The number of benzene rings is 2. The summed E-state index contributed by atoms with van der Waals surface area (Å²) in [5.74, 6) is 0.0592. The third kappa shape index (κ3) is 2.20. The summed E-state index contributed by atoms with van der Waals surface area (Å²) in [6.07, 6.45) is 0. The summed E-state index contributed by atoms with van der Waals surface area (Å²) in [6.45, 7) is 0. The molecule has 4 rings (SSSR count). The van der Waals surface area contributed by atoms with Crippen LogP contribution >= 0.6 is 0 Å². The van der Waals surface area contributed by atoms with Gasteiger partial charge < -0.3 is 5.73 Å². The summed E-state index contributed by atoms with van der Waals surface area (Å²) in [5, 5.41) is 16.0. The maximum Gasteiger partial charge on any atom is 0.180 e. The van der Waals surface area contributed by atoms with Crippen LogP contribution in [0.5, 0.6) is 0 Å². The van der Waals surface area contributed by atoms with E-state index in [1.165, 1.54) is 12.1 Å². The molecule has 0 amide bonds. The molecule has 2 aromatic carbocycles. The molecule has 0 unspecified atom stereocenters. The maximum atomic E-state index is 13.2. The Morgan fingerprint density at radius 3 is 2.35 bits per heavy atom. The van der Waals surface area contributed by atoms with Crippen LogP contribution in [0.1, 0.15) is 0 Å². The van der Waals surface area contributed by atoms with Crippen LogP contribution in [-0.2, 0) is 0 Å². The van der Waals surface area contributed by atoms with Crippen LogP contribution in [0.3, 0.4) is 0 Å². The van der Waals surface area contributed by atoms with E-state index in [2.05, 4.69) is 20.4 Å². The van der Waals surface area contributed by atoms with Crippen LogP contribution in [0, 0.1) is 5.82 Å². The summed E-state index contributed by atoms with van der Waals surface area (Å²) in [7, 11) is 0. The van der Waals surface area contributed by atoms with Gasteiger partial charge in [0.25, 0.3) is 0 Å². The van der Waals surface area contributed by atoms with E-state index >= 15 is 0 Å². The third-order valence-corrected chi connectivity index (χ3v) is 3.69. The Kier molecular flexibility index (Phi) is 3.01. The summed E-state index contributed by atoms with van der Waals surface area (Å²) in [4.78, 5) is 0. The van der Waals surface area contributed by atoms with E-state index in [0.717, 1.165) is 16.7 Å². The molecule has 0 aliphatic rings. The highest BCUT2D eigenvalue weighted by Crippen LogP contribution is 2.37. The molecule has 112 valence electrons. The number of rotatable bonds is 2. The van der Waals surface area contributed by atoms with Crippen LogP contribution < -0.4 is 5.73 Å². The van der Waals surface area contributed by atoms with Crippen molar-refractivity contribution < 1.29 is 4.39 Å². The zero-order valence-corrected chi connectivity index (χ0v) is 12.0. The fraction of sp³-hybridized carbons (Fsp3) is 0. The van der Waals surface area contributed by atoms with E-state index in [0.29, 0.717) is 22.5 Å². The minimum Gasteiger partial charge on any atom is -0.382 e. The van der Waals surface area contributed by atoms with Gasteiger partial charge in [0, 0.05) is 11.1 Å². The first kappa shape index (κ1) is 13.4. The summed E-state index contributed by atoms with van der Waals surface area (Å²) >= 11 is 0. The number of hydrogen-bond acceptors (Lipinski definition) is 4. The number of nitrogens with zero attached hydrogens (tertiary/aromatic N) is 3. The number of aromatic nitrogens is 4. The second-order valence-corrected chi connectivity index (χ2v) is 5.13. The summed E-state index contributed by atoms with van der Waals surface area (Å²) in [6, 6.07) is 15.9. The van der Waals surface area contributed by atoms with Gasteiger partial charge in [0.1, 0.15) is 11.5 Å². The zero-order valence-electron chi connectivity index (χ0n) is 12.0. The van der Waals surface area contributed by atoms with Gasteiger partial charge in [0.15, 0.2) is 11.5 Å². The van der Waals surface area contributed by atoms with Crippen molar-refractivity contribution in [2.45, 2.75) is 0 Å². The molecule has 3 N–H and O–H groups in total. The highest BCUT2D eigenvalue weighted by molar-refractivity contribution is 6.04. The van der Waals surface area contributed by atoms with Gasteiger partial charge in [0.05, 0.1) is 5.39 Å². The number of nitrogen functional groups attached to an aromatic ring is 1. The molecule has 2 heterocycles. The summed E-state index contributed by atoms with van der Waals surface area (Å²) < 4.78 is 13.2. The van der Waals surface area contributed by atoms with Crippen LogP contribution in [0.25, 0.3) is 33.4 Å². The SMILES string of the molecule is Nc1n[nH]c2nnc(-c3ccc(F)cc3)c(-c3ccccc3)c12. The molecular formula is C17H12FN5. The first-order chi connectivity index (χ1) is 11.2. The molecule has 23 heavy (non-hydrogen) atoms. The molecule has 0 saturated carbocycles. The average molecular weight is 305 g/mol. The average Bonchev–Trinajstić information content (AvgIpc) is 2.97. The van der Waals surface area contributed by atoms with Crippen LogP contribution in [0.4, 0.5) is 10.2 Å². The van der Waals surface area contributed by atoms with Crippen molar-refractivity contribution in [3.05, 3.63) is 60.4 Å². The van der Waals surface area contributed by atoms with Crippen molar-refractivity contribution in [3.63, 3.8) is 0 Å². The molecule has 0 saturated heterocycles. The Morgan fingerprint density at radius 2 is 1.61 bits per heavy atom. The predicted octanol–water partition coefficient (Wildman–Crippen LogP) is 3.41. The van der Waals surface area contributed by atoms with Gasteiger partial charge in [-0.2, -0.15) is 5.10 Å². The van der Waals surface area contributed by atoms with Crippen LogP contribution in [0.15, 0.2) is 54.6 Å². The fourth-order valence-electron chi connectivity index (χ4n) is 2.63. The standard InChI is InChI=1S/C17H12FN5/c18-12-8-6-11(7-9-12)15-13(10-4-2-1-3-5-10)14-16(19)21-23-17(14)22-20-15/h1-9H,(H3,19,21,22,23). The van der Waals surface area contributed by atoms with Crippen LogP contribution in [-0.4, -0.2) is 20.4 Å². The first-order valence-electron chi connectivity index (χ1n) is 7.05. The Labute approximate surface area is 131 Å². The molecule has 4 aromatic rings. The van der Waals surface area contributed by atoms with E-state index in [-0.39, 0.29) is 5.82 Å². The molecule has 2 aromatic heterocycles. The molecule has 0 aliphatic carbocycles. The van der Waals surface area contributed by atoms with E-state index < -0.39 is 0 Å². The third-order valence-electron chi connectivity index (χ3n) is 3.69. The van der Waals surface area contributed by atoms with Crippen molar-refractivity contribution in [1.29, 1.82) is 0 Å². The Morgan fingerprint density at radius 1 is 0.870 bits per heavy atom. The Bertz CT molecular complexity index is 977. The highest BCUT2D eigenvalue weighted by Gasteiger charge is 2.18. The van der Waals surface area contributed by atoms with Gasteiger partial charge in [0.2, 0.25) is 0 Å². The Hall–Kier alpha value is -3.28. The molecule has 0 fully saturated rings. The number of halogens is 1. The molecule has 0 atom stereocenters. The number of fused-ring (bicyclic) bond motifs is 1.